The predicted octanol–water partition coefficient (Wildman–Crippen LogP) is 0.714. The Morgan fingerprint density at radius 3 is 2.32 bits per heavy atom. The van der Waals surface area contributed by atoms with E-state index in [1.807, 2.05) is 12.1 Å². The number of hydrogen-bond acceptors (Lipinski definition) is 4. The van der Waals surface area contributed by atoms with Crippen LogP contribution in [0.3, 0.4) is 0 Å². The molecule has 0 aliphatic rings. The standard InChI is InChI=1S/C16H17N3O3/c17-12(7-8-13(18)20)15(21)14-10-4-2-1-3-9(10)5-6-11(14)16(19)22/h1-6,12H,7-8,17H2,(H2,18,20)(H2,19,22)/t12-/m0/s1. The van der Waals surface area contributed by atoms with Crippen LogP contribution < -0.4 is 17.2 Å². The third kappa shape index (κ3) is 3.12. The van der Waals surface area contributed by atoms with Crippen molar-refractivity contribution in [3.05, 3.63) is 47.5 Å². The molecule has 0 aliphatic carbocycles. The largest absolute Gasteiger partial charge is 0.370 e. The van der Waals surface area contributed by atoms with E-state index < -0.39 is 23.6 Å². The van der Waals surface area contributed by atoms with Gasteiger partial charge in [-0.05, 0) is 23.3 Å². The van der Waals surface area contributed by atoms with Gasteiger partial charge >= 0.3 is 0 Å². The molecule has 6 heteroatoms. The van der Waals surface area contributed by atoms with Gasteiger partial charge in [-0.3, -0.25) is 14.4 Å². The smallest absolute Gasteiger partial charge is 0.249 e. The zero-order valence-corrected chi connectivity index (χ0v) is 11.9. The van der Waals surface area contributed by atoms with Gasteiger partial charge in [0.1, 0.15) is 0 Å². The number of Topliss-reactive ketones (excluding diaryl/α,β-unsaturated/α-hetero) is 1. The normalized spacial score (nSPS) is 12.0. The topological polar surface area (TPSA) is 129 Å². The fourth-order valence-corrected chi connectivity index (χ4v) is 2.36. The lowest BCUT2D eigenvalue weighted by molar-refractivity contribution is -0.118. The maximum atomic E-state index is 12.6. The summed E-state index contributed by atoms with van der Waals surface area (Å²) in [7, 11) is 0. The Morgan fingerprint density at radius 2 is 1.68 bits per heavy atom. The first-order chi connectivity index (χ1) is 10.4. The predicted molar refractivity (Wildman–Crippen MR) is 83.2 cm³/mol. The lowest BCUT2D eigenvalue weighted by Gasteiger charge is -2.14. The van der Waals surface area contributed by atoms with Crippen LogP contribution in [0.4, 0.5) is 0 Å². The summed E-state index contributed by atoms with van der Waals surface area (Å²) >= 11 is 0. The molecule has 0 spiro atoms. The van der Waals surface area contributed by atoms with Crippen LogP contribution in [0, 0.1) is 0 Å². The van der Waals surface area contributed by atoms with Crippen molar-refractivity contribution in [2.24, 2.45) is 17.2 Å². The van der Waals surface area contributed by atoms with Crippen molar-refractivity contribution >= 4 is 28.4 Å². The van der Waals surface area contributed by atoms with Gasteiger partial charge in [-0.25, -0.2) is 0 Å². The molecular formula is C16H17N3O3. The quantitative estimate of drug-likeness (QED) is 0.678. The van der Waals surface area contributed by atoms with Crippen LogP contribution in [0.1, 0.15) is 33.6 Å². The first kappa shape index (κ1) is 15.7. The molecule has 1 atom stereocenters. The average molecular weight is 299 g/mol. The number of fused-ring (bicyclic) bond motifs is 1. The second kappa shape index (κ2) is 6.36. The Hall–Kier alpha value is -2.73. The molecular weight excluding hydrogens is 282 g/mol. The minimum absolute atomic E-state index is 0.00355. The Kier molecular flexibility index (Phi) is 4.53. The molecule has 0 saturated heterocycles. The summed E-state index contributed by atoms with van der Waals surface area (Å²) < 4.78 is 0. The van der Waals surface area contributed by atoms with Crippen molar-refractivity contribution in [2.75, 3.05) is 0 Å². The lowest BCUT2D eigenvalue weighted by Crippen LogP contribution is -2.33. The van der Waals surface area contributed by atoms with Crippen LogP contribution >= 0.6 is 0 Å². The number of amides is 2. The highest BCUT2D eigenvalue weighted by molar-refractivity contribution is 6.17. The fraction of sp³-hybridized carbons (Fsp3) is 0.188. The van der Waals surface area contributed by atoms with Gasteiger partial charge in [0.05, 0.1) is 11.6 Å². The molecule has 2 aromatic rings. The molecule has 22 heavy (non-hydrogen) atoms. The third-order valence-corrected chi connectivity index (χ3v) is 3.48. The highest BCUT2D eigenvalue weighted by Crippen LogP contribution is 2.24. The summed E-state index contributed by atoms with van der Waals surface area (Å²) in [5.41, 5.74) is 16.6. The summed E-state index contributed by atoms with van der Waals surface area (Å²) in [4.78, 5) is 35.1. The number of ketones is 1. The summed E-state index contributed by atoms with van der Waals surface area (Å²) in [5.74, 6) is -1.65. The minimum atomic E-state index is -0.920. The zero-order chi connectivity index (χ0) is 16.3. The summed E-state index contributed by atoms with van der Waals surface area (Å²) in [6.07, 6.45) is 0.124. The Balaban J connectivity index is 2.51. The average Bonchev–Trinajstić information content (AvgIpc) is 2.50. The van der Waals surface area contributed by atoms with Gasteiger partial charge in [-0.15, -0.1) is 0 Å². The molecule has 0 aliphatic heterocycles. The van der Waals surface area contributed by atoms with E-state index in [2.05, 4.69) is 0 Å². The first-order valence-electron chi connectivity index (χ1n) is 6.81. The molecule has 0 radical (unpaired) electrons. The molecule has 6 nitrogen and oxygen atoms in total. The van der Waals surface area contributed by atoms with E-state index in [9.17, 15) is 14.4 Å². The number of benzene rings is 2. The van der Waals surface area contributed by atoms with E-state index in [0.717, 1.165) is 5.39 Å². The van der Waals surface area contributed by atoms with Gasteiger partial charge in [-0.2, -0.15) is 0 Å². The van der Waals surface area contributed by atoms with E-state index >= 15 is 0 Å². The van der Waals surface area contributed by atoms with Crippen molar-refractivity contribution in [1.29, 1.82) is 0 Å². The molecule has 0 bridgehead atoms. The van der Waals surface area contributed by atoms with Gasteiger partial charge in [0.2, 0.25) is 11.8 Å². The molecule has 6 N–H and O–H groups in total. The van der Waals surface area contributed by atoms with Gasteiger partial charge in [0.15, 0.2) is 5.78 Å². The number of hydrogen-bond donors (Lipinski definition) is 3. The van der Waals surface area contributed by atoms with Crippen LogP contribution in [0.5, 0.6) is 0 Å². The highest BCUT2D eigenvalue weighted by atomic mass is 16.2. The Labute approximate surface area is 127 Å². The molecule has 114 valence electrons. The maximum absolute atomic E-state index is 12.6. The summed E-state index contributed by atoms with van der Waals surface area (Å²) in [6.45, 7) is 0. The number of carbonyl (C=O) groups is 3. The number of carbonyl (C=O) groups excluding carboxylic acids is 3. The Bertz CT molecular complexity index is 755. The maximum Gasteiger partial charge on any atom is 0.249 e. The van der Waals surface area contributed by atoms with E-state index in [1.54, 1.807) is 18.2 Å². The molecule has 2 rings (SSSR count). The fourth-order valence-electron chi connectivity index (χ4n) is 2.36. The SMILES string of the molecule is NC(=O)CC[C@H](N)C(=O)c1c(C(N)=O)ccc2ccccc12. The van der Waals surface area contributed by atoms with Crippen molar-refractivity contribution < 1.29 is 14.4 Å². The molecule has 0 heterocycles. The lowest BCUT2D eigenvalue weighted by atomic mass is 9.91. The minimum Gasteiger partial charge on any atom is -0.370 e. The van der Waals surface area contributed by atoms with Gasteiger partial charge in [0, 0.05) is 12.0 Å². The molecule has 0 aromatic heterocycles. The van der Waals surface area contributed by atoms with Gasteiger partial charge in [0.25, 0.3) is 0 Å². The van der Waals surface area contributed by atoms with Crippen molar-refractivity contribution in [2.45, 2.75) is 18.9 Å². The monoisotopic (exact) mass is 299 g/mol. The molecule has 0 fully saturated rings. The number of primary amides is 2. The van der Waals surface area contributed by atoms with Gasteiger partial charge in [-0.1, -0.05) is 30.3 Å². The van der Waals surface area contributed by atoms with Crippen LogP contribution in [-0.4, -0.2) is 23.6 Å². The van der Waals surface area contributed by atoms with Crippen molar-refractivity contribution in [3.63, 3.8) is 0 Å². The summed E-state index contributed by atoms with van der Waals surface area (Å²) in [5, 5.41) is 1.41. The Morgan fingerprint density at radius 1 is 1.00 bits per heavy atom. The second-order valence-corrected chi connectivity index (χ2v) is 5.05. The van der Waals surface area contributed by atoms with E-state index in [0.29, 0.717) is 5.39 Å². The molecule has 2 aromatic carbocycles. The van der Waals surface area contributed by atoms with Crippen LogP contribution in [0.2, 0.25) is 0 Å². The molecule has 0 saturated carbocycles. The zero-order valence-electron chi connectivity index (χ0n) is 11.9. The van der Waals surface area contributed by atoms with Crippen LogP contribution in [0.15, 0.2) is 36.4 Å². The second-order valence-electron chi connectivity index (χ2n) is 5.05. The highest BCUT2D eigenvalue weighted by Gasteiger charge is 2.23. The van der Waals surface area contributed by atoms with Crippen molar-refractivity contribution in [3.8, 4) is 0 Å². The van der Waals surface area contributed by atoms with Crippen molar-refractivity contribution in [1.82, 2.24) is 0 Å². The molecule has 2 amide bonds. The van der Waals surface area contributed by atoms with E-state index in [4.69, 9.17) is 17.2 Å². The van der Waals surface area contributed by atoms with Crippen LogP contribution in [0.25, 0.3) is 10.8 Å². The van der Waals surface area contributed by atoms with E-state index in [-0.39, 0.29) is 24.0 Å². The van der Waals surface area contributed by atoms with E-state index in [1.165, 1.54) is 6.07 Å². The van der Waals surface area contributed by atoms with Gasteiger partial charge < -0.3 is 17.2 Å². The summed E-state index contributed by atoms with van der Waals surface area (Å²) in [6, 6.07) is 9.46. The number of rotatable bonds is 6. The van der Waals surface area contributed by atoms with Crippen LogP contribution in [-0.2, 0) is 4.79 Å². The molecule has 0 unspecified atom stereocenters. The third-order valence-electron chi connectivity index (χ3n) is 3.48. The number of nitrogens with two attached hydrogens (primary N) is 3. The first-order valence-corrected chi connectivity index (χ1v) is 6.81.